The number of hydrogen-bond donors (Lipinski definition) is 2. The highest BCUT2D eigenvalue weighted by molar-refractivity contribution is 5.81. The summed E-state index contributed by atoms with van der Waals surface area (Å²) in [5, 5.41) is 6.72. The van der Waals surface area contributed by atoms with Crippen LogP contribution in [0.2, 0.25) is 0 Å². The van der Waals surface area contributed by atoms with Crippen molar-refractivity contribution in [3.63, 3.8) is 0 Å². The van der Waals surface area contributed by atoms with Gasteiger partial charge < -0.3 is 15.5 Å². The SMILES string of the molecule is CCNC(=NCc1ccc(F)cc1)NC1CCN(C(=O)C2CCCCC2)C1. The van der Waals surface area contributed by atoms with Crippen LogP contribution < -0.4 is 10.6 Å². The van der Waals surface area contributed by atoms with Gasteiger partial charge in [0.15, 0.2) is 5.96 Å². The van der Waals surface area contributed by atoms with Crippen LogP contribution in [0.4, 0.5) is 4.39 Å². The topological polar surface area (TPSA) is 56.7 Å². The Morgan fingerprint density at radius 3 is 2.63 bits per heavy atom. The average molecular weight is 375 g/mol. The lowest BCUT2D eigenvalue weighted by molar-refractivity contribution is -0.135. The van der Waals surface area contributed by atoms with E-state index in [2.05, 4.69) is 15.6 Å². The quantitative estimate of drug-likeness (QED) is 0.615. The predicted octanol–water partition coefficient (Wildman–Crippen LogP) is 3.06. The molecule has 27 heavy (non-hydrogen) atoms. The Hall–Kier alpha value is -2.11. The zero-order chi connectivity index (χ0) is 19.1. The van der Waals surface area contributed by atoms with Crippen molar-refractivity contribution in [3.05, 3.63) is 35.6 Å². The minimum atomic E-state index is -0.235. The third kappa shape index (κ3) is 5.68. The zero-order valence-corrected chi connectivity index (χ0v) is 16.2. The number of amides is 1. The summed E-state index contributed by atoms with van der Waals surface area (Å²) in [6.07, 6.45) is 6.69. The molecule has 2 aliphatic rings. The van der Waals surface area contributed by atoms with Crippen molar-refractivity contribution < 1.29 is 9.18 Å². The van der Waals surface area contributed by atoms with Gasteiger partial charge in [-0.3, -0.25) is 4.79 Å². The monoisotopic (exact) mass is 374 g/mol. The first-order valence-corrected chi connectivity index (χ1v) is 10.2. The Morgan fingerprint density at radius 2 is 1.93 bits per heavy atom. The lowest BCUT2D eigenvalue weighted by Gasteiger charge is -2.26. The van der Waals surface area contributed by atoms with Crippen LogP contribution >= 0.6 is 0 Å². The predicted molar refractivity (Wildman–Crippen MR) is 106 cm³/mol. The number of likely N-dealkylation sites (tertiary alicyclic amines) is 1. The van der Waals surface area contributed by atoms with E-state index in [4.69, 9.17) is 0 Å². The molecule has 6 heteroatoms. The van der Waals surface area contributed by atoms with Crippen LogP contribution in [-0.2, 0) is 11.3 Å². The van der Waals surface area contributed by atoms with Crippen LogP contribution in [0.15, 0.2) is 29.3 Å². The first kappa shape index (κ1) is 19.6. The number of aliphatic imine (C=N–C) groups is 1. The molecule has 1 saturated carbocycles. The van der Waals surface area contributed by atoms with Crippen LogP contribution in [0.5, 0.6) is 0 Å². The average Bonchev–Trinajstić information content (AvgIpc) is 3.16. The molecular formula is C21H31FN4O. The Bertz CT molecular complexity index is 640. The fourth-order valence-electron chi connectivity index (χ4n) is 3.96. The Labute approximate surface area is 161 Å². The highest BCUT2D eigenvalue weighted by atomic mass is 19.1. The van der Waals surface area contributed by atoms with Gasteiger partial charge in [0, 0.05) is 31.6 Å². The molecular weight excluding hydrogens is 343 g/mol. The molecule has 3 rings (SSSR count). The van der Waals surface area contributed by atoms with E-state index in [1.54, 1.807) is 12.1 Å². The van der Waals surface area contributed by atoms with E-state index in [0.717, 1.165) is 50.4 Å². The van der Waals surface area contributed by atoms with Crippen LogP contribution in [0.3, 0.4) is 0 Å². The van der Waals surface area contributed by atoms with Crippen molar-refractivity contribution in [2.45, 2.75) is 58.0 Å². The standard InChI is InChI=1S/C21H31FN4O/c1-2-23-21(24-14-16-8-10-18(22)11-9-16)25-19-12-13-26(15-19)20(27)17-6-4-3-5-7-17/h8-11,17,19H,2-7,12-15H2,1H3,(H2,23,24,25). The van der Waals surface area contributed by atoms with Crippen molar-refractivity contribution in [1.29, 1.82) is 0 Å². The van der Waals surface area contributed by atoms with Crippen molar-refractivity contribution in [3.8, 4) is 0 Å². The van der Waals surface area contributed by atoms with Crippen molar-refractivity contribution >= 4 is 11.9 Å². The maximum absolute atomic E-state index is 13.0. The molecule has 0 bridgehead atoms. The Kier molecular flexibility index (Phi) is 7.07. The molecule has 0 radical (unpaired) electrons. The second-order valence-corrected chi connectivity index (χ2v) is 7.57. The van der Waals surface area contributed by atoms with Gasteiger partial charge in [-0.05, 0) is 43.9 Å². The molecule has 1 unspecified atom stereocenters. The van der Waals surface area contributed by atoms with E-state index in [1.807, 2.05) is 11.8 Å². The number of benzene rings is 1. The first-order chi connectivity index (χ1) is 13.2. The summed E-state index contributed by atoms with van der Waals surface area (Å²) in [6.45, 7) is 4.86. The molecule has 0 aromatic heterocycles. The molecule has 2 fully saturated rings. The second-order valence-electron chi connectivity index (χ2n) is 7.57. The fourth-order valence-corrected chi connectivity index (χ4v) is 3.96. The minimum Gasteiger partial charge on any atom is -0.357 e. The van der Waals surface area contributed by atoms with E-state index in [0.29, 0.717) is 12.5 Å². The van der Waals surface area contributed by atoms with Crippen molar-refractivity contribution in [2.75, 3.05) is 19.6 Å². The van der Waals surface area contributed by atoms with E-state index in [9.17, 15) is 9.18 Å². The molecule has 1 aromatic carbocycles. The van der Waals surface area contributed by atoms with Gasteiger partial charge in [0.25, 0.3) is 0 Å². The fraction of sp³-hybridized carbons (Fsp3) is 0.619. The normalized spacial score (nSPS) is 21.3. The molecule has 148 valence electrons. The molecule has 5 nitrogen and oxygen atoms in total. The molecule has 1 amide bonds. The Balaban J connectivity index is 1.52. The van der Waals surface area contributed by atoms with Gasteiger partial charge in [-0.1, -0.05) is 31.4 Å². The number of nitrogens with zero attached hydrogens (tertiary/aromatic N) is 2. The molecule has 1 atom stereocenters. The maximum atomic E-state index is 13.0. The largest absolute Gasteiger partial charge is 0.357 e. The number of rotatable bonds is 5. The van der Waals surface area contributed by atoms with Crippen LogP contribution in [0.25, 0.3) is 0 Å². The highest BCUT2D eigenvalue weighted by Gasteiger charge is 2.31. The van der Waals surface area contributed by atoms with Gasteiger partial charge in [-0.15, -0.1) is 0 Å². The number of guanidine groups is 1. The molecule has 1 heterocycles. The summed E-state index contributed by atoms with van der Waals surface area (Å²) >= 11 is 0. The molecule has 1 aromatic rings. The molecule has 0 spiro atoms. The molecule has 1 saturated heterocycles. The third-order valence-corrected chi connectivity index (χ3v) is 5.47. The lowest BCUT2D eigenvalue weighted by Crippen LogP contribution is -2.45. The number of nitrogens with one attached hydrogen (secondary N) is 2. The summed E-state index contributed by atoms with van der Waals surface area (Å²) in [4.78, 5) is 19.3. The smallest absolute Gasteiger partial charge is 0.225 e. The van der Waals surface area contributed by atoms with Crippen molar-refractivity contribution in [1.82, 2.24) is 15.5 Å². The summed E-state index contributed by atoms with van der Waals surface area (Å²) in [6, 6.07) is 6.64. The van der Waals surface area contributed by atoms with Gasteiger partial charge in [0.1, 0.15) is 5.82 Å². The number of hydrogen-bond acceptors (Lipinski definition) is 2. The minimum absolute atomic E-state index is 0.226. The summed E-state index contributed by atoms with van der Waals surface area (Å²) in [7, 11) is 0. The molecule has 1 aliphatic carbocycles. The Morgan fingerprint density at radius 1 is 1.19 bits per heavy atom. The number of carbonyl (C=O) groups is 1. The van der Waals surface area contributed by atoms with Gasteiger partial charge in [0.2, 0.25) is 5.91 Å². The maximum Gasteiger partial charge on any atom is 0.225 e. The molecule has 2 N–H and O–H groups in total. The van der Waals surface area contributed by atoms with Crippen LogP contribution in [-0.4, -0.2) is 42.4 Å². The summed E-state index contributed by atoms with van der Waals surface area (Å²) in [5.74, 6) is 1.09. The highest BCUT2D eigenvalue weighted by Crippen LogP contribution is 2.26. The van der Waals surface area contributed by atoms with Crippen molar-refractivity contribution in [2.24, 2.45) is 10.9 Å². The third-order valence-electron chi connectivity index (χ3n) is 5.47. The lowest BCUT2D eigenvalue weighted by atomic mass is 9.88. The number of carbonyl (C=O) groups excluding carboxylic acids is 1. The van der Waals surface area contributed by atoms with E-state index >= 15 is 0 Å². The van der Waals surface area contributed by atoms with Crippen LogP contribution in [0, 0.1) is 11.7 Å². The van der Waals surface area contributed by atoms with Gasteiger partial charge in [-0.25, -0.2) is 9.38 Å². The molecule has 1 aliphatic heterocycles. The van der Waals surface area contributed by atoms with E-state index in [-0.39, 0.29) is 17.8 Å². The van der Waals surface area contributed by atoms with Gasteiger partial charge >= 0.3 is 0 Å². The van der Waals surface area contributed by atoms with E-state index < -0.39 is 0 Å². The number of halogens is 1. The first-order valence-electron chi connectivity index (χ1n) is 10.2. The summed E-state index contributed by atoms with van der Waals surface area (Å²) in [5.41, 5.74) is 0.967. The van der Waals surface area contributed by atoms with Gasteiger partial charge in [-0.2, -0.15) is 0 Å². The summed E-state index contributed by atoms with van der Waals surface area (Å²) < 4.78 is 13.0. The zero-order valence-electron chi connectivity index (χ0n) is 16.2. The van der Waals surface area contributed by atoms with Gasteiger partial charge in [0.05, 0.1) is 6.54 Å². The van der Waals surface area contributed by atoms with Crippen LogP contribution in [0.1, 0.15) is 51.0 Å². The van der Waals surface area contributed by atoms with E-state index in [1.165, 1.54) is 31.4 Å². The second kappa shape index (κ2) is 9.72.